The highest BCUT2D eigenvalue weighted by Crippen LogP contribution is 2.17. The number of carbonyl (C=O) groups is 1. The lowest BCUT2D eigenvalue weighted by Crippen LogP contribution is -2.14. The van der Waals surface area contributed by atoms with E-state index >= 15 is 0 Å². The van der Waals surface area contributed by atoms with Crippen LogP contribution in [0.5, 0.6) is 0 Å². The normalized spacial score (nSPS) is 11.2. The number of sulfone groups is 1. The number of nitrogens with zero attached hydrogens (tertiary/aromatic N) is 1. The van der Waals surface area contributed by atoms with E-state index in [1.165, 1.54) is 30.5 Å². The van der Waals surface area contributed by atoms with Crippen molar-refractivity contribution in [1.82, 2.24) is 4.98 Å². The molecule has 2 aromatic rings. The number of benzene rings is 1. The number of halogens is 2. The lowest BCUT2D eigenvalue weighted by molar-refractivity contribution is 0.102. The summed E-state index contributed by atoms with van der Waals surface area (Å²) >= 11 is 5.71. The zero-order valence-corrected chi connectivity index (χ0v) is 12.4. The van der Waals surface area contributed by atoms with Gasteiger partial charge in [0.1, 0.15) is 5.82 Å². The highest BCUT2D eigenvalue weighted by atomic mass is 35.5. The SMILES string of the molecule is CS(=O)(=O)c1ccc(NC(=O)c2cc(Cl)ccc2F)cn1. The van der Waals surface area contributed by atoms with Crippen molar-refractivity contribution in [3.63, 3.8) is 0 Å². The minimum atomic E-state index is -3.41. The first-order valence-corrected chi connectivity index (χ1v) is 7.97. The molecule has 0 aliphatic rings. The van der Waals surface area contributed by atoms with Gasteiger partial charge >= 0.3 is 0 Å². The maximum Gasteiger partial charge on any atom is 0.258 e. The number of amides is 1. The van der Waals surface area contributed by atoms with Crippen molar-refractivity contribution in [2.75, 3.05) is 11.6 Å². The Morgan fingerprint density at radius 3 is 2.57 bits per heavy atom. The Morgan fingerprint density at radius 2 is 2.00 bits per heavy atom. The van der Waals surface area contributed by atoms with E-state index in [-0.39, 0.29) is 21.3 Å². The summed E-state index contributed by atoms with van der Waals surface area (Å²) < 4.78 is 36.0. The summed E-state index contributed by atoms with van der Waals surface area (Å²) in [5.74, 6) is -1.42. The average Bonchev–Trinajstić information content (AvgIpc) is 2.41. The van der Waals surface area contributed by atoms with Crippen LogP contribution in [0.2, 0.25) is 5.02 Å². The van der Waals surface area contributed by atoms with Gasteiger partial charge in [0, 0.05) is 11.3 Å². The van der Waals surface area contributed by atoms with Gasteiger partial charge < -0.3 is 5.32 Å². The molecule has 1 heterocycles. The van der Waals surface area contributed by atoms with E-state index in [9.17, 15) is 17.6 Å². The van der Waals surface area contributed by atoms with Gasteiger partial charge in [-0.1, -0.05) is 11.6 Å². The molecular formula is C13H10ClFN2O3S. The van der Waals surface area contributed by atoms with Crippen molar-refractivity contribution in [3.05, 3.63) is 52.9 Å². The second-order valence-electron chi connectivity index (χ2n) is 4.24. The largest absolute Gasteiger partial charge is 0.320 e. The third-order valence-electron chi connectivity index (χ3n) is 2.55. The first kappa shape index (κ1) is 15.4. The van der Waals surface area contributed by atoms with Crippen LogP contribution < -0.4 is 5.32 Å². The topological polar surface area (TPSA) is 76.1 Å². The number of hydrogen-bond donors (Lipinski definition) is 1. The fourth-order valence-corrected chi connectivity index (χ4v) is 2.28. The van der Waals surface area contributed by atoms with Crippen LogP contribution in [0.4, 0.5) is 10.1 Å². The Kier molecular flexibility index (Phi) is 4.24. The Hall–Kier alpha value is -1.99. The Labute approximate surface area is 125 Å². The number of carbonyl (C=O) groups excluding carboxylic acids is 1. The molecule has 1 amide bonds. The van der Waals surface area contributed by atoms with Crippen molar-refractivity contribution in [3.8, 4) is 0 Å². The maximum absolute atomic E-state index is 13.5. The fourth-order valence-electron chi connectivity index (χ4n) is 1.54. The first-order chi connectivity index (χ1) is 9.77. The second-order valence-corrected chi connectivity index (χ2v) is 6.63. The van der Waals surface area contributed by atoms with Gasteiger partial charge in [-0.25, -0.2) is 17.8 Å². The highest BCUT2D eigenvalue weighted by molar-refractivity contribution is 7.90. The van der Waals surface area contributed by atoms with Gasteiger partial charge in [0.15, 0.2) is 14.9 Å². The van der Waals surface area contributed by atoms with Gasteiger partial charge in [-0.3, -0.25) is 4.79 Å². The highest BCUT2D eigenvalue weighted by Gasteiger charge is 2.13. The van der Waals surface area contributed by atoms with Crippen molar-refractivity contribution < 1.29 is 17.6 Å². The van der Waals surface area contributed by atoms with Crippen molar-refractivity contribution in [2.45, 2.75) is 5.03 Å². The summed E-state index contributed by atoms with van der Waals surface area (Å²) in [6.07, 6.45) is 2.20. The summed E-state index contributed by atoms with van der Waals surface area (Å²) in [6, 6.07) is 6.23. The molecule has 1 aromatic heterocycles. The quantitative estimate of drug-likeness (QED) is 0.939. The summed E-state index contributed by atoms with van der Waals surface area (Å²) in [4.78, 5) is 15.6. The van der Waals surface area contributed by atoms with E-state index in [0.29, 0.717) is 0 Å². The number of aromatic nitrogens is 1. The summed E-state index contributed by atoms with van der Waals surface area (Å²) in [5.41, 5.74) is 0.0291. The monoisotopic (exact) mass is 328 g/mol. The van der Waals surface area contributed by atoms with Crippen molar-refractivity contribution in [2.24, 2.45) is 0 Å². The fraction of sp³-hybridized carbons (Fsp3) is 0.0769. The van der Waals surface area contributed by atoms with E-state index < -0.39 is 21.6 Å². The molecule has 0 atom stereocenters. The summed E-state index contributed by atoms with van der Waals surface area (Å²) in [7, 11) is -3.41. The molecule has 21 heavy (non-hydrogen) atoms. The van der Waals surface area contributed by atoms with Gasteiger partial charge in [0.05, 0.1) is 17.4 Å². The molecule has 110 valence electrons. The van der Waals surface area contributed by atoms with Crippen LogP contribution in [0.1, 0.15) is 10.4 Å². The van der Waals surface area contributed by atoms with E-state index in [1.54, 1.807) is 0 Å². The lowest BCUT2D eigenvalue weighted by Gasteiger charge is -2.06. The number of pyridine rings is 1. The average molecular weight is 329 g/mol. The van der Waals surface area contributed by atoms with Crippen molar-refractivity contribution >= 4 is 33.0 Å². The maximum atomic E-state index is 13.5. The van der Waals surface area contributed by atoms with E-state index in [4.69, 9.17) is 11.6 Å². The number of rotatable bonds is 3. The summed E-state index contributed by atoms with van der Waals surface area (Å²) in [6.45, 7) is 0. The van der Waals surface area contributed by atoms with Crippen LogP contribution in [-0.2, 0) is 9.84 Å². The molecule has 0 saturated heterocycles. The number of anilines is 1. The van der Waals surface area contributed by atoms with Gasteiger partial charge in [-0.15, -0.1) is 0 Å². The first-order valence-electron chi connectivity index (χ1n) is 5.70. The lowest BCUT2D eigenvalue weighted by atomic mass is 10.2. The molecule has 1 N–H and O–H groups in total. The molecule has 0 bridgehead atoms. The minimum absolute atomic E-state index is 0.116. The molecule has 0 spiro atoms. The smallest absolute Gasteiger partial charge is 0.258 e. The third-order valence-corrected chi connectivity index (χ3v) is 3.78. The molecule has 0 radical (unpaired) electrons. The van der Waals surface area contributed by atoms with E-state index in [0.717, 1.165) is 12.3 Å². The van der Waals surface area contributed by atoms with Gasteiger partial charge in [-0.05, 0) is 30.3 Å². The summed E-state index contributed by atoms with van der Waals surface area (Å²) in [5, 5.41) is 2.52. The van der Waals surface area contributed by atoms with E-state index in [1.807, 2.05) is 0 Å². The Bertz CT molecular complexity index is 792. The molecular weight excluding hydrogens is 319 g/mol. The molecule has 8 heteroatoms. The molecule has 5 nitrogen and oxygen atoms in total. The van der Waals surface area contributed by atoms with Crippen LogP contribution >= 0.6 is 11.6 Å². The number of hydrogen-bond acceptors (Lipinski definition) is 4. The zero-order chi connectivity index (χ0) is 15.6. The van der Waals surface area contributed by atoms with Crippen LogP contribution in [-0.4, -0.2) is 25.6 Å². The molecule has 0 unspecified atom stereocenters. The molecule has 0 fully saturated rings. The zero-order valence-electron chi connectivity index (χ0n) is 10.8. The van der Waals surface area contributed by atoms with Gasteiger partial charge in [0.25, 0.3) is 5.91 Å². The second kappa shape index (κ2) is 5.79. The number of nitrogens with one attached hydrogen (secondary N) is 1. The van der Waals surface area contributed by atoms with Crippen LogP contribution in [0.3, 0.4) is 0 Å². The van der Waals surface area contributed by atoms with Crippen LogP contribution in [0.25, 0.3) is 0 Å². The van der Waals surface area contributed by atoms with Crippen LogP contribution in [0, 0.1) is 5.82 Å². The van der Waals surface area contributed by atoms with E-state index in [2.05, 4.69) is 10.3 Å². The third kappa shape index (κ3) is 3.77. The van der Waals surface area contributed by atoms with Crippen molar-refractivity contribution in [1.29, 1.82) is 0 Å². The van der Waals surface area contributed by atoms with Crippen LogP contribution in [0.15, 0.2) is 41.6 Å². The predicted octanol–water partition coefficient (Wildman–Crippen LogP) is 2.53. The molecule has 2 rings (SSSR count). The Balaban J connectivity index is 2.22. The molecule has 1 aromatic carbocycles. The molecule has 0 saturated carbocycles. The molecule has 0 aliphatic carbocycles. The minimum Gasteiger partial charge on any atom is -0.320 e. The van der Waals surface area contributed by atoms with Gasteiger partial charge in [0.2, 0.25) is 0 Å². The Morgan fingerprint density at radius 1 is 1.29 bits per heavy atom. The molecule has 0 aliphatic heterocycles. The standard InChI is InChI=1S/C13H10ClFN2O3S/c1-21(19,20)12-5-3-9(7-16-12)17-13(18)10-6-8(14)2-4-11(10)15/h2-7H,1H3,(H,17,18). The predicted molar refractivity (Wildman–Crippen MR) is 76.7 cm³/mol. The van der Waals surface area contributed by atoms with Gasteiger partial charge in [-0.2, -0.15) is 0 Å².